The average molecular weight is 681 g/mol. The van der Waals surface area contributed by atoms with Crippen molar-refractivity contribution in [3.05, 3.63) is 79.9 Å². The Morgan fingerprint density at radius 2 is 1.69 bits per heavy atom. The van der Waals surface area contributed by atoms with Gasteiger partial charge in [0.15, 0.2) is 0 Å². The van der Waals surface area contributed by atoms with Gasteiger partial charge in [0, 0.05) is 29.3 Å². The van der Waals surface area contributed by atoms with E-state index in [1.807, 2.05) is 44.2 Å². The number of fused-ring (bicyclic) bond motifs is 1. The normalized spacial score (nSPS) is 27.9. The number of benzene rings is 2. The zero-order chi connectivity index (χ0) is 32.5. The van der Waals surface area contributed by atoms with E-state index in [9.17, 15) is 19.5 Å². The van der Waals surface area contributed by atoms with Gasteiger partial charge in [-0.3, -0.25) is 14.4 Å². The lowest BCUT2D eigenvalue weighted by atomic mass is 9.70. The Morgan fingerprint density at radius 3 is 2.24 bits per heavy atom. The Balaban J connectivity index is 1.63. The van der Waals surface area contributed by atoms with Crippen LogP contribution in [0.2, 0.25) is 0 Å². The summed E-state index contributed by atoms with van der Waals surface area (Å²) >= 11 is 3.77. The number of aliphatic hydroxyl groups is 1. The van der Waals surface area contributed by atoms with E-state index >= 15 is 0 Å². The van der Waals surface area contributed by atoms with Crippen molar-refractivity contribution in [1.82, 2.24) is 4.90 Å². The van der Waals surface area contributed by atoms with Gasteiger partial charge < -0.3 is 29.3 Å². The average Bonchev–Trinajstić information content (AvgIpc) is 3.66. The van der Waals surface area contributed by atoms with Crippen LogP contribution in [-0.4, -0.2) is 83.2 Å². The highest BCUT2D eigenvalue weighted by molar-refractivity contribution is 9.09. The number of nitrogens with zero attached hydrogens (tertiary/aromatic N) is 3. The number of methoxy groups -OCH3 is 1. The summed E-state index contributed by atoms with van der Waals surface area (Å²) in [6.45, 7) is 11.8. The van der Waals surface area contributed by atoms with Gasteiger partial charge in [0.1, 0.15) is 17.4 Å². The lowest BCUT2D eigenvalue weighted by Gasteiger charge is -2.41. The molecule has 2 bridgehead atoms. The van der Waals surface area contributed by atoms with E-state index in [0.29, 0.717) is 30.0 Å². The van der Waals surface area contributed by atoms with Gasteiger partial charge in [-0.1, -0.05) is 66.5 Å². The van der Waals surface area contributed by atoms with Crippen LogP contribution in [0.3, 0.4) is 0 Å². The number of rotatable bonds is 13. The van der Waals surface area contributed by atoms with Gasteiger partial charge in [-0.05, 0) is 48.7 Å². The Labute approximate surface area is 273 Å². The molecule has 0 aliphatic carbocycles. The van der Waals surface area contributed by atoms with Crippen molar-refractivity contribution in [2.75, 3.05) is 36.6 Å². The SMILES string of the molecule is C=CCN(C(=O)C1N([C@@H](CO)[C@@H](C)CC)C(=O)[C@@H]2[C@@H](C(=O)N(CC=C)c3ccccc3)[C@@H]3OC12CC3Br)c1ccc(OC)cc1. The molecule has 240 valence electrons. The second-order valence-electron chi connectivity index (χ2n) is 12.1. The van der Waals surface area contributed by atoms with E-state index in [0.717, 1.165) is 0 Å². The maximum atomic E-state index is 14.9. The molecule has 2 aromatic carbocycles. The number of hydrogen-bond donors (Lipinski definition) is 1. The summed E-state index contributed by atoms with van der Waals surface area (Å²) in [7, 11) is 1.57. The fourth-order valence-electron chi connectivity index (χ4n) is 7.40. The van der Waals surface area contributed by atoms with E-state index in [2.05, 4.69) is 29.1 Å². The fraction of sp³-hybridized carbons (Fsp3) is 0.457. The monoisotopic (exact) mass is 679 g/mol. The molecule has 10 heteroatoms. The quantitative estimate of drug-likeness (QED) is 0.246. The molecule has 3 aliphatic heterocycles. The lowest BCUT2D eigenvalue weighted by Crippen LogP contribution is -2.60. The zero-order valence-corrected chi connectivity index (χ0v) is 27.6. The number of likely N-dealkylation sites (tertiary alicyclic amines) is 1. The van der Waals surface area contributed by atoms with Crippen LogP contribution in [0.4, 0.5) is 11.4 Å². The summed E-state index contributed by atoms with van der Waals surface area (Å²) in [4.78, 5) is 48.7. The molecule has 3 aliphatic rings. The first-order valence-electron chi connectivity index (χ1n) is 15.5. The number of carbonyl (C=O) groups excluding carboxylic acids is 3. The molecule has 3 fully saturated rings. The lowest BCUT2D eigenvalue weighted by molar-refractivity contribution is -0.145. The molecule has 3 saturated heterocycles. The van der Waals surface area contributed by atoms with Crippen molar-refractivity contribution in [1.29, 1.82) is 0 Å². The molecule has 3 unspecified atom stereocenters. The van der Waals surface area contributed by atoms with Crippen molar-refractivity contribution in [3.63, 3.8) is 0 Å². The van der Waals surface area contributed by atoms with Crippen LogP contribution in [0.1, 0.15) is 26.7 Å². The predicted molar refractivity (Wildman–Crippen MR) is 177 cm³/mol. The molecule has 3 amide bonds. The topological polar surface area (TPSA) is 99.6 Å². The second kappa shape index (κ2) is 13.5. The van der Waals surface area contributed by atoms with E-state index < -0.39 is 35.6 Å². The molecule has 1 N–H and O–H groups in total. The van der Waals surface area contributed by atoms with Gasteiger partial charge in [0.05, 0.1) is 37.7 Å². The molecule has 0 aromatic heterocycles. The maximum Gasteiger partial charge on any atom is 0.253 e. The Bertz CT molecular complexity index is 1420. The van der Waals surface area contributed by atoms with Crippen LogP contribution < -0.4 is 14.5 Å². The minimum atomic E-state index is -1.28. The highest BCUT2D eigenvalue weighted by Gasteiger charge is 2.77. The van der Waals surface area contributed by atoms with Crippen LogP contribution in [0.5, 0.6) is 5.75 Å². The van der Waals surface area contributed by atoms with Gasteiger partial charge in [0.2, 0.25) is 11.8 Å². The van der Waals surface area contributed by atoms with Crippen molar-refractivity contribution in [2.24, 2.45) is 17.8 Å². The molecule has 9 nitrogen and oxygen atoms in total. The summed E-state index contributed by atoms with van der Waals surface area (Å²) < 4.78 is 12.1. The molecule has 3 heterocycles. The summed E-state index contributed by atoms with van der Waals surface area (Å²) in [6, 6.07) is 14.7. The number of anilines is 2. The molecule has 2 aromatic rings. The molecule has 5 rings (SSSR count). The van der Waals surface area contributed by atoms with Crippen molar-refractivity contribution >= 4 is 45.0 Å². The van der Waals surface area contributed by atoms with Crippen molar-refractivity contribution in [2.45, 2.75) is 55.3 Å². The smallest absolute Gasteiger partial charge is 0.253 e. The number of ether oxygens (including phenoxy) is 2. The highest BCUT2D eigenvalue weighted by atomic mass is 79.9. The third kappa shape index (κ3) is 5.51. The minimum absolute atomic E-state index is 0.119. The molecular weight excluding hydrogens is 638 g/mol. The van der Waals surface area contributed by atoms with Gasteiger partial charge >= 0.3 is 0 Å². The number of carbonyl (C=O) groups is 3. The van der Waals surface area contributed by atoms with Crippen molar-refractivity contribution < 1.29 is 29.0 Å². The molecule has 0 saturated carbocycles. The standard InChI is InChI=1S/C35H42BrN3O6/c1-6-18-37(23-12-10-9-11-13-23)32(41)28-29-33(42)39(27(21-40)22(4)8-3)31(35(29)20-26(36)30(28)45-35)34(43)38(19-7-2)24-14-16-25(44-5)17-15-24/h6-7,9-17,22,26-31,40H,1-2,8,18-21H2,3-5H3/t22-,26?,27-,28+,29-,30+,31?,35?/m0/s1. The van der Waals surface area contributed by atoms with Crippen molar-refractivity contribution in [3.8, 4) is 5.75 Å². The molecule has 1 spiro atoms. The van der Waals surface area contributed by atoms with Gasteiger partial charge in [-0.25, -0.2) is 0 Å². The van der Waals surface area contributed by atoms with Crippen LogP contribution in [-0.2, 0) is 19.1 Å². The number of amides is 3. The first kappa shape index (κ1) is 32.9. The number of para-hydroxylation sites is 1. The number of aliphatic hydroxyl groups excluding tert-OH is 1. The zero-order valence-electron chi connectivity index (χ0n) is 26.1. The number of alkyl halides is 1. The third-order valence-electron chi connectivity index (χ3n) is 9.70. The molecular formula is C35H42BrN3O6. The fourth-order valence-corrected chi connectivity index (χ4v) is 8.34. The highest BCUT2D eigenvalue weighted by Crippen LogP contribution is 2.61. The first-order valence-corrected chi connectivity index (χ1v) is 16.4. The van der Waals surface area contributed by atoms with E-state index in [1.54, 1.807) is 58.2 Å². The van der Waals surface area contributed by atoms with E-state index in [4.69, 9.17) is 9.47 Å². The summed E-state index contributed by atoms with van der Waals surface area (Å²) in [5.41, 5.74) is 0.00927. The van der Waals surface area contributed by atoms with E-state index in [1.165, 1.54) is 0 Å². The van der Waals surface area contributed by atoms with Crippen LogP contribution >= 0.6 is 15.9 Å². The molecule has 8 atom stereocenters. The van der Waals surface area contributed by atoms with Gasteiger partial charge in [-0.2, -0.15) is 0 Å². The second-order valence-corrected chi connectivity index (χ2v) is 13.2. The summed E-state index contributed by atoms with van der Waals surface area (Å²) in [5, 5.41) is 10.7. The molecule has 0 radical (unpaired) electrons. The van der Waals surface area contributed by atoms with Crippen LogP contribution in [0.15, 0.2) is 79.9 Å². The first-order chi connectivity index (χ1) is 21.7. The molecule has 45 heavy (non-hydrogen) atoms. The largest absolute Gasteiger partial charge is 0.497 e. The predicted octanol–water partition coefficient (Wildman–Crippen LogP) is 4.59. The Morgan fingerprint density at radius 1 is 1.09 bits per heavy atom. The Kier molecular flexibility index (Phi) is 9.86. The van der Waals surface area contributed by atoms with Crippen LogP contribution in [0.25, 0.3) is 0 Å². The summed E-state index contributed by atoms with van der Waals surface area (Å²) in [6.07, 6.45) is 3.71. The van der Waals surface area contributed by atoms with Gasteiger partial charge in [0.25, 0.3) is 5.91 Å². The Hall–Kier alpha value is -3.47. The summed E-state index contributed by atoms with van der Waals surface area (Å²) in [5.74, 6) is -2.18. The van der Waals surface area contributed by atoms with E-state index in [-0.39, 0.29) is 48.2 Å². The maximum absolute atomic E-state index is 14.9. The third-order valence-corrected chi connectivity index (χ3v) is 10.5. The van der Waals surface area contributed by atoms with Crippen LogP contribution in [0, 0.1) is 17.8 Å². The number of halogens is 1. The van der Waals surface area contributed by atoms with Gasteiger partial charge in [-0.15, -0.1) is 13.2 Å². The number of hydrogen-bond acceptors (Lipinski definition) is 6. The minimum Gasteiger partial charge on any atom is -0.497 e.